The summed E-state index contributed by atoms with van der Waals surface area (Å²) in [5.41, 5.74) is 0.437. The lowest BCUT2D eigenvalue weighted by Crippen LogP contribution is -2.37. The lowest BCUT2D eigenvalue weighted by atomic mass is 10.3. The molecule has 1 amide bonds. The van der Waals surface area contributed by atoms with Crippen molar-refractivity contribution in [1.82, 2.24) is 28.3 Å². The standard InChI is InChI=1S/C21H17N7O3/c1-25-16-15(19(30)26(2)21(25)31)27-17(18(29)22-13-9-5-3-6-10-13)24-28(20(27)23-16)14-11-7-4-8-12-14/h3-12H,1-2H3,(H,22,29). The number of aromatic nitrogens is 6. The molecule has 0 saturated heterocycles. The average Bonchev–Trinajstić information content (AvgIpc) is 3.35. The molecule has 5 rings (SSSR count). The Balaban J connectivity index is 1.85. The van der Waals surface area contributed by atoms with Crippen molar-refractivity contribution in [3.05, 3.63) is 87.3 Å². The number of amides is 1. The molecule has 10 heteroatoms. The van der Waals surface area contributed by atoms with Crippen LogP contribution in [-0.2, 0) is 14.1 Å². The van der Waals surface area contributed by atoms with E-state index >= 15 is 0 Å². The molecular formula is C21H17N7O3. The van der Waals surface area contributed by atoms with Gasteiger partial charge in [0.2, 0.25) is 11.6 Å². The first-order valence-corrected chi connectivity index (χ1v) is 9.46. The Labute approximate surface area is 174 Å². The Morgan fingerprint density at radius 3 is 2.23 bits per heavy atom. The maximum absolute atomic E-state index is 13.1. The maximum atomic E-state index is 13.1. The second-order valence-electron chi connectivity index (χ2n) is 7.02. The monoisotopic (exact) mass is 415 g/mol. The van der Waals surface area contributed by atoms with Crippen molar-refractivity contribution < 1.29 is 4.79 Å². The number of rotatable bonds is 3. The summed E-state index contributed by atoms with van der Waals surface area (Å²) in [6.45, 7) is 0. The van der Waals surface area contributed by atoms with E-state index in [1.165, 1.54) is 27.7 Å². The Morgan fingerprint density at radius 2 is 1.55 bits per heavy atom. The van der Waals surface area contributed by atoms with E-state index in [1.807, 2.05) is 36.4 Å². The highest BCUT2D eigenvalue weighted by Crippen LogP contribution is 2.19. The van der Waals surface area contributed by atoms with E-state index < -0.39 is 17.2 Å². The minimum absolute atomic E-state index is 0.0269. The summed E-state index contributed by atoms with van der Waals surface area (Å²) in [6.07, 6.45) is 0. The van der Waals surface area contributed by atoms with Gasteiger partial charge in [-0.15, -0.1) is 5.10 Å². The van der Waals surface area contributed by atoms with Gasteiger partial charge >= 0.3 is 5.69 Å². The third-order valence-corrected chi connectivity index (χ3v) is 5.07. The van der Waals surface area contributed by atoms with Gasteiger partial charge in [0.15, 0.2) is 11.2 Å². The molecule has 0 saturated carbocycles. The summed E-state index contributed by atoms with van der Waals surface area (Å²) in [5.74, 6) is -0.292. The molecule has 2 aromatic carbocycles. The number of imidazole rings is 1. The molecule has 0 aliphatic heterocycles. The molecule has 0 aliphatic rings. The summed E-state index contributed by atoms with van der Waals surface area (Å²) < 4.78 is 5.12. The van der Waals surface area contributed by atoms with Crippen LogP contribution in [0.15, 0.2) is 70.3 Å². The van der Waals surface area contributed by atoms with Gasteiger partial charge in [-0.25, -0.2) is 9.20 Å². The van der Waals surface area contributed by atoms with Gasteiger partial charge in [0.25, 0.3) is 11.5 Å². The largest absolute Gasteiger partial charge is 0.332 e. The number of nitrogens with one attached hydrogen (secondary N) is 1. The summed E-state index contributed by atoms with van der Waals surface area (Å²) in [7, 11) is 2.91. The van der Waals surface area contributed by atoms with Gasteiger partial charge in [0.05, 0.1) is 5.69 Å². The number of nitrogens with zero attached hydrogens (tertiary/aromatic N) is 6. The topological polar surface area (TPSA) is 108 Å². The SMILES string of the molecule is Cn1c(=O)c2c(nc3n(-c4ccccc4)nc(C(=O)Nc4ccccc4)n23)n(C)c1=O. The van der Waals surface area contributed by atoms with E-state index in [2.05, 4.69) is 15.4 Å². The van der Waals surface area contributed by atoms with E-state index in [9.17, 15) is 14.4 Å². The minimum atomic E-state index is -0.563. The number of carbonyl (C=O) groups excluding carboxylic acids is 1. The predicted molar refractivity (Wildman–Crippen MR) is 115 cm³/mol. The Kier molecular flexibility index (Phi) is 4.07. The number of benzene rings is 2. The molecule has 0 spiro atoms. The number of anilines is 1. The van der Waals surface area contributed by atoms with Crippen LogP contribution in [0.2, 0.25) is 0 Å². The highest BCUT2D eigenvalue weighted by molar-refractivity contribution is 6.03. The normalized spacial score (nSPS) is 11.3. The maximum Gasteiger partial charge on any atom is 0.332 e. The Bertz CT molecular complexity index is 1570. The number of hydrogen-bond donors (Lipinski definition) is 1. The minimum Gasteiger partial charge on any atom is -0.319 e. The van der Waals surface area contributed by atoms with Gasteiger partial charge in [-0.05, 0) is 24.3 Å². The second kappa shape index (κ2) is 6.80. The van der Waals surface area contributed by atoms with Crippen LogP contribution in [-0.4, -0.2) is 34.2 Å². The molecular weight excluding hydrogens is 398 g/mol. The van der Waals surface area contributed by atoms with E-state index in [1.54, 1.807) is 24.3 Å². The van der Waals surface area contributed by atoms with Crippen LogP contribution >= 0.6 is 0 Å². The van der Waals surface area contributed by atoms with E-state index in [0.29, 0.717) is 11.4 Å². The molecule has 0 aliphatic carbocycles. The first-order chi connectivity index (χ1) is 15.0. The summed E-state index contributed by atoms with van der Waals surface area (Å²) in [5, 5.41) is 7.25. The molecule has 3 aromatic heterocycles. The highest BCUT2D eigenvalue weighted by atomic mass is 16.2. The van der Waals surface area contributed by atoms with Gasteiger partial charge in [-0.3, -0.25) is 18.7 Å². The lowest BCUT2D eigenvalue weighted by molar-refractivity contribution is 0.101. The van der Waals surface area contributed by atoms with Crippen LogP contribution in [0.3, 0.4) is 0 Å². The zero-order chi connectivity index (χ0) is 21.7. The third-order valence-electron chi connectivity index (χ3n) is 5.07. The molecule has 31 heavy (non-hydrogen) atoms. The second-order valence-corrected chi connectivity index (χ2v) is 7.02. The van der Waals surface area contributed by atoms with Crippen molar-refractivity contribution in [1.29, 1.82) is 0 Å². The Hall–Kier alpha value is -4.47. The van der Waals surface area contributed by atoms with Crippen LogP contribution in [0.5, 0.6) is 0 Å². The van der Waals surface area contributed by atoms with Crippen molar-refractivity contribution in [2.45, 2.75) is 0 Å². The molecule has 5 aromatic rings. The van der Waals surface area contributed by atoms with E-state index in [4.69, 9.17) is 0 Å². The molecule has 10 nitrogen and oxygen atoms in total. The summed E-state index contributed by atoms with van der Waals surface area (Å²) in [4.78, 5) is 43.0. The molecule has 1 N–H and O–H groups in total. The number of aryl methyl sites for hydroxylation is 1. The summed E-state index contributed by atoms with van der Waals surface area (Å²) >= 11 is 0. The van der Waals surface area contributed by atoms with Gasteiger partial charge in [0.1, 0.15) is 0 Å². The number of para-hydroxylation sites is 2. The Morgan fingerprint density at radius 1 is 0.903 bits per heavy atom. The van der Waals surface area contributed by atoms with Gasteiger partial charge in [-0.1, -0.05) is 36.4 Å². The van der Waals surface area contributed by atoms with E-state index in [0.717, 1.165) is 4.57 Å². The quantitative estimate of drug-likeness (QED) is 0.478. The smallest absolute Gasteiger partial charge is 0.319 e. The lowest BCUT2D eigenvalue weighted by Gasteiger charge is -2.05. The third kappa shape index (κ3) is 2.76. The van der Waals surface area contributed by atoms with Crippen LogP contribution < -0.4 is 16.6 Å². The number of fused-ring (bicyclic) bond motifs is 3. The first-order valence-electron chi connectivity index (χ1n) is 9.46. The molecule has 0 bridgehead atoms. The van der Waals surface area contributed by atoms with Crippen LogP contribution in [0.1, 0.15) is 10.6 Å². The molecule has 0 atom stereocenters. The van der Waals surface area contributed by atoms with E-state index in [-0.39, 0.29) is 22.8 Å². The van der Waals surface area contributed by atoms with Crippen molar-refractivity contribution in [2.75, 3.05) is 5.32 Å². The first kappa shape index (κ1) is 18.6. The molecule has 3 heterocycles. The van der Waals surface area contributed by atoms with Gasteiger partial charge in [-0.2, -0.15) is 9.67 Å². The fraction of sp³-hybridized carbons (Fsp3) is 0.0952. The van der Waals surface area contributed by atoms with Gasteiger partial charge < -0.3 is 5.32 Å². The van der Waals surface area contributed by atoms with Gasteiger partial charge in [0, 0.05) is 19.8 Å². The fourth-order valence-electron chi connectivity index (χ4n) is 3.51. The van der Waals surface area contributed by atoms with Crippen LogP contribution in [0.4, 0.5) is 5.69 Å². The summed E-state index contributed by atoms with van der Waals surface area (Å²) in [6, 6.07) is 18.1. The number of hydrogen-bond acceptors (Lipinski definition) is 5. The van der Waals surface area contributed by atoms with Crippen molar-refractivity contribution in [3.8, 4) is 5.69 Å². The fourth-order valence-corrected chi connectivity index (χ4v) is 3.51. The predicted octanol–water partition coefficient (Wildman–Crippen LogP) is 1.32. The van der Waals surface area contributed by atoms with Crippen molar-refractivity contribution >= 4 is 28.5 Å². The molecule has 0 unspecified atom stereocenters. The van der Waals surface area contributed by atoms with Crippen molar-refractivity contribution in [2.24, 2.45) is 14.1 Å². The number of carbonyl (C=O) groups is 1. The zero-order valence-corrected chi connectivity index (χ0v) is 16.7. The molecule has 154 valence electrons. The van der Waals surface area contributed by atoms with Crippen molar-refractivity contribution in [3.63, 3.8) is 0 Å². The van der Waals surface area contributed by atoms with Crippen LogP contribution in [0.25, 0.3) is 22.6 Å². The average molecular weight is 415 g/mol. The highest BCUT2D eigenvalue weighted by Gasteiger charge is 2.26. The molecule has 0 fully saturated rings. The molecule has 0 radical (unpaired) electrons. The zero-order valence-electron chi connectivity index (χ0n) is 16.7. The van der Waals surface area contributed by atoms with Crippen LogP contribution in [0, 0.1) is 0 Å².